The molecule has 20 heavy (non-hydrogen) atoms. The van der Waals surface area contributed by atoms with Crippen LogP contribution in [0.25, 0.3) is 0 Å². The number of hydrogen-bond donors (Lipinski definition) is 1. The first kappa shape index (κ1) is 15.4. The highest BCUT2D eigenvalue weighted by Gasteiger charge is 2.25. The molecule has 0 aliphatic carbocycles. The number of carbonyl (C=O) groups excluding carboxylic acids is 2. The molecule has 1 aromatic rings. The van der Waals surface area contributed by atoms with Crippen LogP contribution < -0.4 is 5.32 Å². The van der Waals surface area contributed by atoms with Crippen molar-refractivity contribution in [3.8, 4) is 0 Å². The van der Waals surface area contributed by atoms with Gasteiger partial charge < -0.3 is 14.8 Å². The number of methoxy groups -OCH3 is 2. The van der Waals surface area contributed by atoms with Crippen LogP contribution in [0.2, 0.25) is 0 Å². The number of nitro benzene ring substituents is 1. The first-order valence-electron chi connectivity index (χ1n) is 5.62. The fourth-order valence-corrected chi connectivity index (χ4v) is 1.58. The van der Waals surface area contributed by atoms with Crippen molar-refractivity contribution < 1.29 is 24.0 Å². The van der Waals surface area contributed by atoms with E-state index in [1.54, 1.807) is 0 Å². The molecule has 0 unspecified atom stereocenters. The second-order valence-corrected chi connectivity index (χ2v) is 3.84. The van der Waals surface area contributed by atoms with E-state index < -0.39 is 22.9 Å². The van der Waals surface area contributed by atoms with Crippen molar-refractivity contribution >= 4 is 23.3 Å². The van der Waals surface area contributed by atoms with Crippen molar-refractivity contribution in [2.24, 2.45) is 0 Å². The monoisotopic (exact) mass is 282 g/mol. The second-order valence-electron chi connectivity index (χ2n) is 3.84. The van der Waals surface area contributed by atoms with Crippen molar-refractivity contribution in [1.29, 1.82) is 0 Å². The molecule has 0 aromatic heterocycles. The van der Waals surface area contributed by atoms with Gasteiger partial charge in [0, 0.05) is 6.07 Å². The molecule has 1 aromatic carbocycles. The average Bonchev–Trinajstić information content (AvgIpc) is 2.45. The van der Waals surface area contributed by atoms with Gasteiger partial charge in [-0.15, -0.1) is 0 Å². The molecule has 108 valence electrons. The number of para-hydroxylation sites is 1. The maximum absolute atomic E-state index is 11.6. The molecule has 0 saturated heterocycles. The topological polar surface area (TPSA) is 108 Å². The predicted octanol–water partition coefficient (Wildman–Crippen LogP) is 1.35. The minimum Gasteiger partial charge on any atom is -0.467 e. The average molecular weight is 282 g/mol. The number of benzene rings is 1. The van der Waals surface area contributed by atoms with Crippen LogP contribution in [-0.2, 0) is 14.3 Å². The minimum atomic E-state index is -0.857. The van der Waals surface area contributed by atoms with Gasteiger partial charge in [0.2, 0.25) is 0 Å². The molecular formula is C12H14N2O6. The highest BCUT2D eigenvalue weighted by Crippen LogP contribution is 2.29. The van der Waals surface area contributed by atoms with Gasteiger partial charge in [0.1, 0.15) is 11.7 Å². The minimum absolute atomic E-state index is 0.0301. The lowest BCUT2D eigenvalue weighted by molar-refractivity contribution is -0.384. The zero-order chi connectivity index (χ0) is 15.3. The number of nitrogens with zero attached hydrogens (tertiary/aromatic N) is 1. The summed E-state index contributed by atoms with van der Waals surface area (Å²) >= 11 is 0. The first-order chi connectivity index (χ1) is 9.42. The van der Waals surface area contributed by atoms with Gasteiger partial charge in [-0.1, -0.05) is 6.07 Å². The number of esters is 2. The number of nitrogens with one attached hydrogen (secondary N) is 1. The highest BCUT2D eigenvalue weighted by atomic mass is 16.6. The summed E-state index contributed by atoms with van der Waals surface area (Å²) in [7, 11) is 2.36. The third-order valence-electron chi connectivity index (χ3n) is 2.56. The van der Waals surface area contributed by atoms with Gasteiger partial charge in [0.15, 0.2) is 0 Å². The zero-order valence-corrected chi connectivity index (χ0v) is 11.2. The van der Waals surface area contributed by atoms with E-state index in [1.165, 1.54) is 32.2 Å². The lowest BCUT2D eigenvalue weighted by Gasteiger charge is -2.15. The van der Waals surface area contributed by atoms with Crippen LogP contribution >= 0.6 is 0 Å². The van der Waals surface area contributed by atoms with Crippen LogP contribution in [-0.4, -0.2) is 37.1 Å². The third kappa shape index (κ3) is 3.22. The number of anilines is 1. The van der Waals surface area contributed by atoms with E-state index in [-0.39, 0.29) is 16.9 Å². The molecule has 0 amide bonds. The van der Waals surface area contributed by atoms with E-state index in [0.29, 0.717) is 0 Å². The van der Waals surface area contributed by atoms with Gasteiger partial charge in [0.25, 0.3) is 5.69 Å². The summed E-state index contributed by atoms with van der Waals surface area (Å²) in [5.41, 5.74) is -0.441. The summed E-state index contributed by atoms with van der Waals surface area (Å²) < 4.78 is 9.09. The van der Waals surface area contributed by atoms with Crippen LogP contribution in [0.3, 0.4) is 0 Å². The molecule has 1 rings (SSSR count). The van der Waals surface area contributed by atoms with E-state index in [1.807, 2.05) is 0 Å². The molecule has 0 bridgehead atoms. The van der Waals surface area contributed by atoms with Gasteiger partial charge >= 0.3 is 11.9 Å². The van der Waals surface area contributed by atoms with E-state index in [9.17, 15) is 19.7 Å². The number of rotatable bonds is 5. The lowest BCUT2D eigenvalue weighted by Crippen LogP contribution is -2.28. The largest absolute Gasteiger partial charge is 0.467 e. The second kappa shape index (κ2) is 6.50. The Morgan fingerprint density at radius 2 is 1.95 bits per heavy atom. The first-order valence-corrected chi connectivity index (χ1v) is 5.62. The Labute approximate surface area is 114 Å². The predicted molar refractivity (Wildman–Crippen MR) is 69.5 cm³/mol. The summed E-state index contributed by atoms with van der Waals surface area (Å²) in [6.07, 6.45) is 0. The van der Waals surface area contributed by atoms with Gasteiger partial charge in [0.05, 0.1) is 24.7 Å². The number of ether oxygens (including phenoxy) is 2. The molecule has 8 nitrogen and oxygen atoms in total. The summed E-state index contributed by atoms with van der Waals surface area (Å²) in [5, 5.41) is 13.6. The summed E-state index contributed by atoms with van der Waals surface area (Å²) in [6, 6.07) is 3.09. The molecule has 0 saturated carbocycles. The van der Waals surface area contributed by atoms with E-state index >= 15 is 0 Å². The van der Waals surface area contributed by atoms with Crippen molar-refractivity contribution in [2.75, 3.05) is 19.5 Å². The maximum Gasteiger partial charge on any atom is 0.340 e. The summed E-state index contributed by atoms with van der Waals surface area (Å²) in [5.74, 6) is -1.35. The molecule has 0 aliphatic heterocycles. The fourth-order valence-electron chi connectivity index (χ4n) is 1.58. The van der Waals surface area contributed by atoms with Crippen LogP contribution in [0, 0.1) is 10.1 Å². The van der Waals surface area contributed by atoms with Crippen molar-refractivity contribution in [3.05, 3.63) is 33.9 Å². The Morgan fingerprint density at radius 3 is 2.45 bits per heavy atom. The van der Waals surface area contributed by atoms with Gasteiger partial charge in [-0.05, 0) is 13.0 Å². The fraction of sp³-hybridized carbons (Fsp3) is 0.333. The van der Waals surface area contributed by atoms with Crippen molar-refractivity contribution in [3.63, 3.8) is 0 Å². The van der Waals surface area contributed by atoms with Gasteiger partial charge in [-0.2, -0.15) is 0 Å². The Morgan fingerprint density at radius 1 is 1.30 bits per heavy atom. The quantitative estimate of drug-likeness (QED) is 0.493. The molecule has 0 heterocycles. The zero-order valence-electron chi connectivity index (χ0n) is 11.2. The van der Waals surface area contributed by atoms with E-state index in [4.69, 9.17) is 0 Å². The smallest absolute Gasteiger partial charge is 0.340 e. The van der Waals surface area contributed by atoms with Crippen LogP contribution in [0.15, 0.2) is 18.2 Å². The molecular weight excluding hydrogens is 268 g/mol. The van der Waals surface area contributed by atoms with E-state index in [0.717, 1.165) is 7.11 Å². The van der Waals surface area contributed by atoms with Gasteiger partial charge in [-0.3, -0.25) is 10.1 Å². The number of hydrogen-bond acceptors (Lipinski definition) is 7. The third-order valence-corrected chi connectivity index (χ3v) is 2.56. The SMILES string of the molecule is COC(=O)c1cccc([N+](=O)[O-])c1N[C@H](C)C(=O)OC. The Hall–Kier alpha value is -2.64. The van der Waals surface area contributed by atoms with Crippen LogP contribution in [0.5, 0.6) is 0 Å². The number of nitro groups is 1. The molecule has 8 heteroatoms. The Kier molecular flexibility index (Phi) is 5.01. The standard InChI is InChI=1S/C12H14N2O6/c1-7(11(15)19-2)13-10-8(12(16)20-3)5-4-6-9(10)14(17)18/h4-7,13H,1-3H3/t7-/m1/s1. The molecule has 1 atom stereocenters. The molecule has 0 radical (unpaired) electrons. The van der Waals surface area contributed by atoms with E-state index in [2.05, 4.69) is 14.8 Å². The Balaban J connectivity index is 3.28. The molecule has 0 fully saturated rings. The lowest BCUT2D eigenvalue weighted by atomic mass is 10.1. The molecule has 1 N–H and O–H groups in total. The number of carbonyl (C=O) groups is 2. The Bertz CT molecular complexity index is 543. The molecule has 0 aliphatic rings. The summed E-state index contributed by atoms with van der Waals surface area (Å²) in [6.45, 7) is 1.46. The maximum atomic E-state index is 11.6. The normalized spacial score (nSPS) is 11.3. The van der Waals surface area contributed by atoms with Crippen LogP contribution in [0.4, 0.5) is 11.4 Å². The highest BCUT2D eigenvalue weighted by molar-refractivity contribution is 5.99. The van der Waals surface area contributed by atoms with Gasteiger partial charge in [-0.25, -0.2) is 9.59 Å². The van der Waals surface area contributed by atoms with Crippen molar-refractivity contribution in [2.45, 2.75) is 13.0 Å². The van der Waals surface area contributed by atoms with Crippen molar-refractivity contribution in [1.82, 2.24) is 0 Å². The van der Waals surface area contributed by atoms with Crippen LogP contribution in [0.1, 0.15) is 17.3 Å². The summed E-state index contributed by atoms with van der Waals surface area (Å²) in [4.78, 5) is 33.4. The molecule has 0 spiro atoms.